The molecular weight excluding hydrogens is 477 g/mol. The lowest BCUT2D eigenvalue weighted by Crippen LogP contribution is -2.15. The van der Waals surface area contributed by atoms with Crippen molar-refractivity contribution in [3.8, 4) is 22.8 Å². The SMILES string of the molecule is Cc1cccc(Oc2ccc(-c3c4n(c5ncnc(N)c35)CCN4c3ccccc3[N+](=O)[O-])cc2F)n1. The Labute approximate surface area is 209 Å². The van der Waals surface area contributed by atoms with Crippen LogP contribution in [0.2, 0.25) is 0 Å². The Hall–Kier alpha value is -5.06. The van der Waals surface area contributed by atoms with Crippen LogP contribution < -0.4 is 15.4 Å². The van der Waals surface area contributed by atoms with E-state index in [0.717, 1.165) is 5.69 Å². The van der Waals surface area contributed by atoms with Crippen LogP contribution in [0.4, 0.5) is 27.4 Å². The fraction of sp³-hybridized carbons (Fsp3) is 0.115. The number of nitrogens with two attached hydrogens (primary N) is 1. The van der Waals surface area contributed by atoms with Gasteiger partial charge in [-0.05, 0) is 36.8 Å². The van der Waals surface area contributed by atoms with Crippen LogP contribution >= 0.6 is 0 Å². The van der Waals surface area contributed by atoms with Crippen LogP contribution in [-0.4, -0.2) is 31.0 Å². The molecule has 6 rings (SSSR count). The number of aromatic nitrogens is 4. The Morgan fingerprint density at radius 3 is 2.70 bits per heavy atom. The number of ether oxygens (including phenoxy) is 1. The van der Waals surface area contributed by atoms with Gasteiger partial charge in [-0.25, -0.2) is 19.3 Å². The second-order valence-corrected chi connectivity index (χ2v) is 8.57. The van der Waals surface area contributed by atoms with Crippen LogP contribution in [0.5, 0.6) is 11.6 Å². The van der Waals surface area contributed by atoms with E-state index >= 15 is 4.39 Å². The van der Waals surface area contributed by atoms with E-state index in [9.17, 15) is 10.1 Å². The molecule has 1 aliphatic heterocycles. The molecule has 0 spiro atoms. The molecular formula is C26H20FN7O3. The van der Waals surface area contributed by atoms with Gasteiger partial charge in [0.15, 0.2) is 11.6 Å². The maximum Gasteiger partial charge on any atom is 0.292 e. The fourth-order valence-corrected chi connectivity index (χ4v) is 4.76. The maximum absolute atomic E-state index is 15.3. The summed E-state index contributed by atoms with van der Waals surface area (Å²) in [6.45, 7) is 2.80. The molecule has 0 bridgehead atoms. The Bertz CT molecular complexity index is 1700. The van der Waals surface area contributed by atoms with Gasteiger partial charge in [0.05, 0.1) is 10.3 Å². The van der Waals surface area contributed by atoms with Crippen molar-refractivity contribution in [3.63, 3.8) is 0 Å². The lowest BCUT2D eigenvalue weighted by atomic mass is 10.0. The van der Waals surface area contributed by atoms with Crippen LogP contribution in [0.15, 0.2) is 67.0 Å². The van der Waals surface area contributed by atoms with Crippen molar-refractivity contribution in [2.24, 2.45) is 0 Å². The number of fused-ring (bicyclic) bond motifs is 3. The van der Waals surface area contributed by atoms with E-state index in [1.807, 2.05) is 22.5 Å². The summed E-state index contributed by atoms with van der Waals surface area (Å²) in [5, 5.41) is 12.3. The van der Waals surface area contributed by atoms with Gasteiger partial charge in [-0.3, -0.25) is 10.1 Å². The van der Waals surface area contributed by atoms with E-state index in [2.05, 4.69) is 15.0 Å². The van der Waals surface area contributed by atoms with E-state index in [1.54, 1.807) is 36.4 Å². The van der Waals surface area contributed by atoms with E-state index in [0.29, 0.717) is 46.8 Å². The smallest absolute Gasteiger partial charge is 0.292 e. The molecule has 184 valence electrons. The summed E-state index contributed by atoms with van der Waals surface area (Å²) < 4.78 is 22.9. The highest BCUT2D eigenvalue weighted by Gasteiger charge is 2.34. The number of nitrogens with zero attached hydrogens (tertiary/aromatic N) is 6. The predicted molar refractivity (Wildman–Crippen MR) is 136 cm³/mol. The number of hydrogen-bond acceptors (Lipinski definition) is 8. The van der Waals surface area contributed by atoms with Crippen LogP contribution in [-0.2, 0) is 6.54 Å². The van der Waals surface area contributed by atoms with Crippen molar-refractivity contribution in [1.29, 1.82) is 0 Å². The van der Waals surface area contributed by atoms with Gasteiger partial charge in [0.2, 0.25) is 5.88 Å². The molecule has 11 heteroatoms. The molecule has 37 heavy (non-hydrogen) atoms. The van der Waals surface area contributed by atoms with E-state index in [-0.39, 0.29) is 23.1 Å². The molecule has 0 radical (unpaired) electrons. The first-order valence-corrected chi connectivity index (χ1v) is 11.5. The van der Waals surface area contributed by atoms with Gasteiger partial charge in [0.25, 0.3) is 5.69 Å². The average Bonchev–Trinajstić information content (AvgIpc) is 3.45. The van der Waals surface area contributed by atoms with Gasteiger partial charge in [0, 0.05) is 36.5 Å². The molecule has 0 saturated carbocycles. The largest absolute Gasteiger partial charge is 0.436 e. The number of anilines is 3. The Balaban J connectivity index is 1.52. The number of benzene rings is 2. The zero-order valence-corrected chi connectivity index (χ0v) is 19.6. The number of para-hydroxylation sites is 2. The highest BCUT2D eigenvalue weighted by molar-refractivity contribution is 6.08. The Kier molecular flexibility index (Phi) is 5.18. The molecule has 5 aromatic rings. The van der Waals surface area contributed by atoms with Crippen LogP contribution in [0.25, 0.3) is 22.2 Å². The third kappa shape index (κ3) is 3.68. The summed E-state index contributed by atoms with van der Waals surface area (Å²) in [5.74, 6) is 0.558. The molecule has 10 nitrogen and oxygen atoms in total. The number of aryl methyl sites for hydroxylation is 1. The molecule has 0 saturated heterocycles. The molecule has 0 atom stereocenters. The van der Waals surface area contributed by atoms with E-state index in [1.165, 1.54) is 24.5 Å². The minimum Gasteiger partial charge on any atom is -0.436 e. The number of halogens is 1. The molecule has 2 N–H and O–H groups in total. The van der Waals surface area contributed by atoms with Crippen LogP contribution in [0.3, 0.4) is 0 Å². The van der Waals surface area contributed by atoms with E-state index < -0.39 is 10.7 Å². The summed E-state index contributed by atoms with van der Waals surface area (Å²) in [6.07, 6.45) is 1.37. The second kappa shape index (κ2) is 8.55. The Morgan fingerprint density at radius 2 is 1.92 bits per heavy atom. The fourth-order valence-electron chi connectivity index (χ4n) is 4.76. The number of hydrogen-bond donors (Lipinski definition) is 1. The first kappa shape index (κ1) is 22.4. The molecule has 2 aromatic carbocycles. The average molecular weight is 497 g/mol. The zero-order chi connectivity index (χ0) is 25.7. The van der Waals surface area contributed by atoms with Crippen molar-refractivity contribution in [3.05, 3.63) is 88.6 Å². The van der Waals surface area contributed by atoms with Crippen LogP contribution in [0, 0.1) is 22.9 Å². The number of nitro groups is 1. The summed E-state index contributed by atoms with van der Waals surface area (Å²) in [4.78, 5) is 26.1. The van der Waals surface area contributed by atoms with Crippen molar-refractivity contribution < 1.29 is 14.1 Å². The highest BCUT2D eigenvalue weighted by atomic mass is 19.1. The minimum atomic E-state index is -0.598. The zero-order valence-electron chi connectivity index (χ0n) is 19.6. The predicted octanol–water partition coefficient (Wildman–Crippen LogP) is 5.38. The summed E-state index contributed by atoms with van der Waals surface area (Å²) in [7, 11) is 0. The lowest BCUT2D eigenvalue weighted by molar-refractivity contribution is -0.384. The molecule has 0 fully saturated rings. The summed E-state index contributed by atoms with van der Waals surface area (Å²) >= 11 is 0. The standard InChI is InChI=1S/C26H20FN7O3/c1-15-5-4-8-21(31-15)37-20-10-9-16(13-17(20)27)22-23-24(28)29-14-30-25(23)33-12-11-32(26(22)33)18-6-2-3-7-19(18)34(35)36/h2-10,13-14H,11-12H2,1H3,(H2,28,29,30). The normalized spacial score (nSPS) is 12.6. The van der Waals surface area contributed by atoms with Gasteiger partial charge in [-0.15, -0.1) is 0 Å². The van der Waals surface area contributed by atoms with E-state index in [4.69, 9.17) is 10.5 Å². The maximum atomic E-state index is 15.3. The third-order valence-corrected chi connectivity index (χ3v) is 6.31. The van der Waals surface area contributed by atoms with Gasteiger partial charge in [-0.1, -0.05) is 24.3 Å². The van der Waals surface area contributed by atoms with Gasteiger partial charge in [-0.2, -0.15) is 0 Å². The van der Waals surface area contributed by atoms with Crippen molar-refractivity contribution in [1.82, 2.24) is 19.5 Å². The Morgan fingerprint density at radius 1 is 1.08 bits per heavy atom. The number of pyridine rings is 1. The van der Waals surface area contributed by atoms with Gasteiger partial charge >= 0.3 is 0 Å². The molecule has 4 heterocycles. The third-order valence-electron chi connectivity index (χ3n) is 6.31. The van der Waals surface area contributed by atoms with Crippen molar-refractivity contribution >= 4 is 34.0 Å². The molecule has 3 aromatic heterocycles. The van der Waals surface area contributed by atoms with Gasteiger partial charge in [0.1, 0.15) is 29.3 Å². The van der Waals surface area contributed by atoms with Gasteiger partial charge < -0.3 is 19.9 Å². The minimum absolute atomic E-state index is 0.0155. The summed E-state index contributed by atoms with van der Waals surface area (Å²) in [5.41, 5.74) is 9.08. The number of nitro benzene ring substituents is 1. The second-order valence-electron chi connectivity index (χ2n) is 8.57. The summed E-state index contributed by atoms with van der Waals surface area (Å²) in [6, 6.07) is 16.3. The first-order valence-electron chi connectivity index (χ1n) is 11.5. The molecule has 0 aliphatic carbocycles. The quantitative estimate of drug-likeness (QED) is 0.254. The topological polar surface area (TPSA) is 125 Å². The number of nitrogen functional groups attached to an aromatic ring is 1. The highest BCUT2D eigenvalue weighted by Crippen LogP contribution is 2.48. The number of rotatable bonds is 5. The monoisotopic (exact) mass is 497 g/mol. The van der Waals surface area contributed by atoms with Crippen molar-refractivity contribution in [2.45, 2.75) is 13.5 Å². The first-order chi connectivity index (χ1) is 17.9. The van der Waals surface area contributed by atoms with Crippen molar-refractivity contribution in [2.75, 3.05) is 17.2 Å². The van der Waals surface area contributed by atoms with Crippen LogP contribution in [0.1, 0.15) is 5.69 Å². The lowest BCUT2D eigenvalue weighted by Gasteiger charge is -2.20. The molecule has 1 aliphatic rings. The molecule has 0 unspecified atom stereocenters. The molecule has 0 amide bonds.